The second-order valence-electron chi connectivity index (χ2n) is 4.80. The summed E-state index contributed by atoms with van der Waals surface area (Å²) in [4.78, 5) is 0. The van der Waals surface area contributed by atoms with E-state index in [1.807, 2.05) is 6.07 Å². The quantitative estimate of drug-likeness (QED) is 0.521. The van der Waals surface area contributed by atoms with Crippen molar-refractivity contribution in [3.05, 3.63) is 28.2 Å². The molecule has 18 heavy (non-hydrogen) atoms. The van der Waals surface area contributed by atoms with Gasteiger partial charge in [0.25, 0.3) is 0 Å². The van der Waals surface area contributed by atoms with Crippen LogP contribution in [0.25, 0.3) is 0 Å². The molecular formula is C15H25BrN2. The van der Waals surface area contributed by atoms with Gasteiger partial charge in [-0.05, 0) is 46.6 Å². The van der Waals surface area contributed by atoms with Crippen LogP contribution in [-0.4, -0.2) is 6.54 Å². The van der Waals surface area contributed by atoms with Gasteiger partial charge in [-0.2, -0.15) is 0 Å². The fourth-order valence-corrected chi connectivity index (χ4v) is 2.37. The molecule has 0 aliphatic rings. The highest BCUT2D eigenvalue weighted by molar-refractivity contribution is 9.10. The first-order valence-corrected chi connectivity index (χ1v) is 7.78. The zero-order chi connectivity index (χ0) is 13.2. The molecule has 0 atom stereocenters. The van der Waals surface area contributed by atoms with Crippen LogP contribution in [0.1, 0.15) is 51.0 Å². The smallest absolute Gasteiger partial charge is 0.0458 e. The van der Waals surface area contributed by atoms with Gasteiger partial charge in [-0.25, -0.2) is 0 Å². The van der Waals surface area contributed by atoms with Crippen LogP contribution in [-0.2, 0) is 6.54 Å². The van der Waals surface area contributed by atoms with Gasteiger partial charge in [0.15, 0.2) is 0 Å². The summed E-state index contributed by atoms with van der Waals surface area (Å²) in [6.07, 6.45) is 8.10. The Kier molecular flexibility index (Phi) is 8.10. The molecule has 0 bridgehead atoms. The van der Waals surface area contributed by atoms with Gasteiger partial charge in [-0.15, -0.1) is 0 Å². The Balaban J connectivity index is 2.05. The highest BCUT2D eigenvalue weighted by Crippen LogP contribution is 2.20. The molecule has 3 heteroatoms. The zero-order valence-corrected chi connectivity index (χ0v) is 12.9. The predicted molar refractivity (Wildman–Crippen MR) is 83.6 cm³/mol. The normalized spacial score (nSPS) is 10.8. The Morgan fingerprint density at radius 2 is 1.83 bits per heavy atom. The van der Waals surface area contributed by atoms with E-state index in [2.05, 4.69) is 40.3 Å². The summed E-state index contributed by atoms with van der Waals surface area (Å²) in [5.41, 5.74) is 7.84. The van der Waals surface area contributed by atoms with Gasteiger partial charge >= 0.3 is 0 Å². The zero-order valence-electron chi connectivity index (χ0n) is 11.3. The van der Waals surface area contributed by atoms with Crippen molar-refractivity contribution < 1.29 is 0 Å². The molecule has 1 rings (SSSR count). The number of nitrogens with two attached hydrogens (primary N) is 1. The summed E-state index contributed by atoms with van der Waals surface area (Å²) in [5, 5.41) is 3.48. The number of unbranched alkanes of at least 4 members (excludes halogenated alkanes) is 5. The van der Waals surface area contributed by atoms with E-state index in [1.165, 1.54) is 44.1 Å². The first-order chi connectivity index (χ1) is 8.74. The minimum atomic E-state index is 0.801. The SMILES string of the molecule is CCCCCCCCNCc1ccc(N)c(Br)c1. The van der Waals surface area contributed by atoms with Crippen molar-refractivity contribution in [3.8, 4) is 0 Å². The molecule has 0 amide bonds. The van der Waals surface area contributed by atoms with Crippen LogP contribution in [0.5, 0.6) is 0 Å². The third-order valence-electron chi connectivity index (χ3n) is 3.10. The summed E-state index contributed by atoms with van der Waals surface area (Å²) in [6, 6.07) is 6.11. The monoisotopic (exact) mass is 312 g/mol. The van der Waals surface area contributed by atoms with Gasteiger partial charge in [-0.3, -0.25) is 0 Å². The Bertz CT molecular complexity index is 339. The molecular weight excluding hydrogens is 288 g/mol. The van der Waals surface area contributed by atoms with Gasteiger partial charge < -0.3 is 11.1 Å². The van der Waals surface area contributed by atoms with Crippen LogP contribution in [0.4, 0.5) is 5.69 Å². The molecule has 0 saturated heterocycles. The van der Waals surface area contributed by atoms with Crippen LogP contribution >= 0.6 is 15.9 Å². The van der Waals surface area contributed by atoms with Gasteiger partial charge in [0.05, 0.1) is 0 Å². The Labute approximate surface area is 119 Å². The van der Waals surface area contributed by atoms with Crippen molar-refractivity contribution in [2.45, 2.75) is 52.0 Å². The number of benzene rings is 1. The fraction of sp³-hybridized carbons (Fsp3) is 0.600. The van der Waals surface area contributed by atoms with Gasteiger partial charge in [0.2, 0.25) is 0 Å². The largest absolute Gasteiger partial charge is 0.398 e. The van der Waals surface area contributed by atoms with Crippen LogP contribution in [0.2, 0.25) is 0 Å². The molecule has 0 heterocycles. The lowest BCUT2D eigenvalue weighted by Crippen LogP contribution is -2.14. The maximum atomic E-state index is 5.76. The molecule has 0 saturated carbocycles. The standard InChI is InChI=1S/C15H25BrN2/c1-2-3-4-5-6-7-10-18-12-13-8-9-15(17)14(16)11-13/h8-9,11,18H,2-7,10,12,17H2,1H3. The average molecular weight is 313 g/mol. The maximum Gasteiger partial charge on any atom is 0.0458 e. The second kappa shape index (κ2) is 9.40. The van der Waals surface area contributed by atoms with E-state index >= 15 is 0 Å². The molecule has 1 aromatic carbocycles. The lowest BCUT2D eigenvalue weighted by molar-refractivity contribution is 0.572. The fourth-order valence-electron chi connectivity index (χ4n) is 1.94. The maximum absolute atomic E-state index is 5.76. The molecule has 0 aromatic heterocycles. The average Bonchev–Trinajstić information content (AvgIpc) is 2.37. The van der Waals surface area contributed by atoms with E-state index in [9.17, 15) is 0 Å². The summed E-state index contributed by atoms with van der Waals surface area (Å²) in [6.45, 7) is 4.29. The molecule has 1 aromatic rings. The number of nitrogen functional groups attached to an aromatic ring is 1. The second-order valence-corrected chi connectivity index (χ2v) is 5.65. The molecule has 0 unspecified atom stereocenters. The number of rotatable bonds is 9. The molecule has 0 radical (unpaired) electrons. The van der Waals surface area contributed by atoms with Crippen LogP contribution < -0.4 is 11.1 Å². The van der Waals surface area contributed by atoms with Gasteiger partial charge in [0, 0.05) is 16.7 Å². The summed E-state index contributed by atoms with van der Waals surface area (Å²) < 4.78 is 0.987. The third kappa shape index (κ3) is 6.41. The van der Waals surface area contributed by atoms with Gasteiger partial charge in [-0.1, -0.05) is 45.1 Å². The predicted octanol–water partition coefficient (Wildman–Crippen LogP) is 4.48. The van der Waals surface area contributed by atoms with E-state index in [1.54, 1.807) is 0 Å². The van der Waals surface area contributed by atoms with Crippen molar-refractivity contribution in [2.75, 3.05) is 12.3 Å². The first kappa shape index (κ1) is 15.5. The van der Waals surface area contributed by atoms with E-state index in [4.69, 9.17) is 5.73 Å². The number of nitrogens with one attached hydrogen (secondary N) is 1. The van der Waals surface area contributed by atoms with E-state index < -0.39 is 0 Å². The minimum Gasteiger partial charge on any atom is -0.398 e. The van der Waals surface area contributed by atoms with Gasteiger partial charge in [0.1, 0.15) is 0 Å². The van der Waals surface area contributed by atoms with Crippen molar-refractivity contribution in [1.82, 2.24) is 5.32 Å². The van der Waals surface area contributed by atoms with Crippen molar-refractivity contribution in [1.29, 1.82) is 0 Å². The molecule has 102 valence electrons. The van der Waals surface area contributed by atoms with Crippen LogP contribution in [0, 0.1) is 0 Å². The molecule has 3 N–H and O–H groups in total. The lowest BCUT2D eigenvalue weighted by atomic mass is 10.1. The molecule has 2 nitrogen and oxygen atoms in total. The highest BCUT2D eigenvalue weighted by atomic mass is 79.9. The summed E-state index contributed by atoms with van der Waals surface area (Å²) >= 11 is 3.45. The molecule has 0 spiro atoms. The number of halogens is 1. The van der Waals surface area contributed by atoms with E-state index in [0.29, 0.717) is 0 Å². The number of hydrogen-bond acceptors (Lipinski definition) is 2. The summed E-state index contributed by atoms with van der Waals surface area (Å²) in [7, 11) is 0. The van der Waals surface area contributed by atoms with E-state index in [-0.39, 0.29) is 0 Å². The Morgan fingerprint density at radius 1 is 1.11 bits per heavy atom. The molecule has 0 aliphatic heterocycles. The van der Waals surface area contributed by atoms with Crippen LogP contribution in [0.3, 0.4) is 0 Å². The highest BCUT2D eigenvalue weighted by Gasteiger charge is 1.97. The number of anilines is 1. The first-order valence-electron chi connectivity index (χ1n) is 6.98. The molecule has 0 aliphatic carbocycles. The topological polar surface area (TPSA) is 38.0 Å². The minimum absolute atomic E-state index is 0.801. The Morgan fingerprint density at radius 3 is 2.56 bits per heavy atom. The third-order valence-corrected chi connectivity index (χ3v) is 3.79. The van der Waals surface area contributed by atoms with Crippen molar-refractivity contribution >= 4 is 21.6 Å². The molecule has 0 fully saturated rings. The van der Waals surface area contributed by atoms with Crippen molar-refractivity contribution in [3.63, 3.8) is 0 Å². The number of hydrogen-bond donors (Lipinski definition) is 2. The van der Waals surface area contributed by atoms with Crippen LogP contribution in [0.15, 0.2) is 22.7 Å². The van der Waals surface area contributed by atoms with E-state index in [0.717, 1.165) is 23.2 Å². The lowest BCUT2D eigenvalue weighted by Gasteiger charge is -2.06. The summed E-state index contributed by atoms with van der Waals surface area (Å²) in [5.74, 6) is 0. The van der Waals surface area contributed by atoms with Crippen molar-refractivity contribution in [2.24, 2.45) is 0 Å². The Hall–Kier alpha value is -0.540.